The molecule has 0 atom stereocenters. The van der Waals surface area contributed by atoms with Crippen LogP contribution in [0.15, 0.2) is 29.4 Å². The van der Waals surface area contributed by atoms with Crippen LogP contribution < -0.4 is 5.32 Å². The lowest BCUT2D eigenvalue weighted by Gasteiger charge is -2.08. The summed E-state index contributed by atoms with van der Waals surface area (Å²) in [4.78, 5) is 8.99. The van der Waals surface area contributed by atoms with Gasteiger partial charge >= 0.3 is 0 Å². The number of aryl methyl sites for hydroxylation is 2. The van der Waals surface area contributed by atoms with E-state index in [1.165, 1.54) is 5.56 Å². The first-order valence-electron chi connectivity index (χ1n) is 6.50. The summed E-state index contributed by atoms with van der Waals surface area (Å²) in [5.74, 6) is 0.921. The Morgan fingerprint density at radius 2 is 1.65 bits per heavy atom. The van der Waals surface area contributed by atoms with Crippen molar-refractivity contribution in [2.45, 2.75) is 25.9 Å². The molecule has 0 aliphatic rings. The average molecular weight is 308 g/mol. The number of benzene rings is 1. The molecule has 2 aromatic rings. The molecule has 20 heavy (non-hydrogen) atoms. The SMILES string of the molecule is Cc1nc(SCCNc2ccc(Cl)cc2)nc(C)c1C. The predicted molar refractivity (Wildman–Crippen MR) is 86.9 cm³/mol. The molecule has 1 heterocycles. The molecule has 0 amide bonds. The van der Waals surface area contributed by atoms with Crippen LogP contribution in [0.2, 0.25) is 5.02 Å². The van der Waals surface area contributed by atoms with Gasteiger partial charge in [-0.15, -0.1) is 0 Å². The zero-order chi connectivity index (χ0) is 14.5. The second-order valence-electron chi connectivity index (χ2n) is 4.58. The highest BCUT2D eigenvalue weighted by atomic mass is 35.5. The van der Waals surface area contributed by atoms with Crippen molar-refractivity contribution >= 4 is 29.1 Å². The number of halogens is 1. The second kappa shape index (κ2) is 6.95. The third kappa shape index (κ3) is 4.12. The fourth-order valence-corrected chi connectivity index (χ4v) is 2.63. The van der Waals surface area contributed by atoms with E-state index in [1.807, 2.05) is 38.1 Å². The van der Waals surface area contributed by atoms with Crippen molar-refractivity contribution in [2.24, 2.45) is 0 Å². The van der Waals surface area contributed by atoms with E-state index >= 15 is 0 Å². The maximum atomic E-state index is 5.85. The molecule has 1 aromatic heterocycles. The number of aromatic nitrogens is 2. The van der Waals surface area contributed by atoms with Gasteiger partial charge < -0.3 is 5.32 Å². The Hall–Kier alpha value is -1.26. The molecule has 2 rings (SSSR count). The molecule has 0 fully saturated rings. The van der Waals surface area contributed by atoms with Crippen LogP contribution in [0.1, 0.15) is 17.0 Å². The first-order valence-corrected chi connectivity index (χ1v) is 7.86. The summed E-state index contributed by atoms with van der Waals surface area (Å²) >= 11 is 7.52. The zero-order valence-corrected chi connectivity index (χ0v) is 13.5. The Kier molecular flexibility index (Phi) is 5.26. The minimum absolute atomic E-state index is 0.754. The smallest absolute Gasteiger partial charge is 0.188 e. The zero-order valence-electron chi connectivity index (χ0n) is 11.9. The Balaban J connectivity index is 1.83. The normalized spacial score (nSPS) is 10.6. The van der Waals surface area contributed by atoms with E-state index in [0.717, 1.165) is 39.6 Å². The molecule has 0 saturated carbocycles. The standard InChI is InChI=1S/C15H18ClN3S/c1-10-11(2)18-15(19-12(10)3)20-9-8-17-14-6-4-13(16)5-7-14/h4-7,17H,8-9H2,1-3H3. The van der Waals surface area contributed by atoms with Gasteiger partial charge in [0.15, 0.2) is 5.16 Å². The lowest BCUT2D eigenvalue weighted by Crippen LogP contribution is -2.05. The molecular formula is C15H18ClN3S. The lowest BCUT2D eigenvalue weighted by molar-refractivity contribution is 0.880. The van der Waals surface area contributed by atoms with Crippen molar-refractivity contribution in [3.63, 3.8) is 0 Å². The largest absolute Gasteiger partial charge is 0.384 e. The van der Waals surface area contributed by atoms with E-state index in [0.29, 0.717) is 0 Å². The van der Waals surface area contributed by atoms with Crippen LogP contribution >= 0.6 is 23.4 Å². The Labute approximate surface area is 129 Å². The summed E-state index contributed by atoms with van der Waals surface area (Å²) < 4.78 is 0. The molecule has 106 valence electrons. The molecule has 3 nitrogen and oxygen atoms in total. The third-order valence-electron chi connectivity index (χ3n) is 3.12. The van der Waals surface area contributed by atoms with Gasteiger partial charge in [0.25, 0.3) is 0 Å². The molecule has 0 bridgehead atoms. The van der Waals surface area contributed by atoms with Crippen LogP contribution in [0.3, 0.4) is 0 Å². The van der Waals surface area contributed by atoms with Crippen molar-refractivity contribution in [1.82, 2.24) is 9.97 Å². The van der Waals surface area contributed by atoms with Crippen LogP contribution in [0, 0.1) is 20.8 Å². The molecule has 0 radical (unpaired) electrons. The van der Waals surface area contributed by atoms with Crippen molar-refractivity contribution in [3.05, 3.63) is 46.2 Å². The number of anilines is 1. The van der Waals surface area contributed by atoms with Crippen LogP contribution in [0.4, 0.5) is 5.69 Å². The topological polar surface area (TPSA) is 37.8 Å². The van der Waals surface area contributed by atoms with Gasteiger partial charge in [-0.05, 0) is 50.6 Å². The summed E-state index contributed by atoms with van der Waals surface area (Å²) in [6.45, 7) is 6.98. The molecule has 0 aliphatic heterocycles. The van der Waals surface area contributed by atoms with E-state index in [-0.39, 0.29) is 0 Å². The van der Waals surface area contributed by atoms with Gasteiger partial charge in [0.05, 0.1) is 0 Å². The van der Waals surface area contributed by atoms with Crippen LogP contribution in [0.5, 0.6) is 0 Å². The summed E-state index contributed by atoms with van der Waals surface area (Å²) in [6, 6.07) is 7.72. The van der Waals surface area contributed by atoms with E-state index in [4.69, 9.17) is 11.6 Å². The van der Waals surface area contributed by atoms with Crippen molar-refractivity contribution in [3.8, 4) is 0 Å². The van der Waals surface area contributed by atoms with Gasteiger partial charge in [-0.1, -0.05) is 23.4 Å². The molecule has 1 aromatic carbocycles. The number of rotatable bonds is 5. The highest BCUT2D eigenvalue weighted by Crippen LogP contribution is 2.17. The van der Waals surface area contributed by atoms with E-state index in [1.54, 1.807) is 11.8 Å². The quantitative estimate of drug-likeness (QED) is 0.509. The van der Waals surface area contributed by atoms with Gasteiger partial charge in [-0.25, -0.2) is 9.97 Å². The summed E-state index contributed by atoms with van der Waals surface area (Å²) in [5, 5.41) is 4.95. The number of hydrogen-bond donors (Lipinski definition) is 1. The molecule has 0 unspecified atom stereocenters. The van der Waals surface area contributed by atoms with E-state index < -0.39 is 0 Å². The Morgan fingerprint density at radius 3 is 2.25 bits per heavy atom. The van der Waals surface area contributed by atoms with Crippen molar-refractivity contribution in [1.29, 1.82) is 0 Å². The number of hydrogen-bond acceptors (Lipinski definition) is 4. The van der Waals surface area contributed by atoms with Crippen molar-refractivity contribution in [2.75, 3.05) is 17.6 Å². The highest BCUT2D eigenvalue weighted by molar-refractivity contribution is 7.99. The Bertz CT molecular complexity index is 561. The highest BCUT2D eigenvalue weighted by Gasteiger charge is 2.04. The molecule has 0 aliphatic carbocycles. The predicted octanol–water partition coefficient (Wildman–Crippen LogP) is 4.26. The van der Waals surface area contributed by atoms with Gasteiger partial charge in [-0.2, -0.15) is 0 Å². The minimum atomic E-state index is 0.754. The Morgan fingerprint density at radius 1 is 1.05 bits per heavy atom. The van der Waals surface area contributed by atoms with Gasteiger partial charge in [0.1, 0.15) is 0 Å². The second-order valence-corrected chi connectivity index (χ2v) is 6.08. The molecule has 1 N–H and O–H groups in total. The van der Waals surface area contributed by atoms with Gasteiger partial charge in [-0.3, -0.25) is 0 Å². The summed E-state index contributed by atoms with van der Waals surface area (Å²) in [6.07, 6.45) is 0. The van der Waals surface area contributed by atoms with E-state index in [2.05, 4.69) is 22.2 Å². The molecule has 0 spiro atoms. The van der Waals surface area contributed by atoms with Crippen molar-refractivity contribution < 1.29 is 0 Å². The fourth-order valence-electron chi connectivity index (χ4n) is 1.71. The van der Waals surface area contributed by atoms with E-state index in [9.17, 15) is 0 Å². The molecule has 0 saturated heterocycles. The maximum absolute atomic E-state index is 5.85. The number of thioether (sulfide) groups is 1. The van der Waals surface area contributed by atoms with Crippen LogP contribution in [0.25, 0.3) is 0 Å². The average Bonchev–Trinajstić information content (AvgIpc) is 2.43. The first kappa shape index (κ1) is 15.1. The monoisotopic (exact) mass is 307 g/mol. The van der Waals surface area contributed by atoms with Gasteiger partial charge in [0.2, 0.25) is 0 Å². The number of nitrogens with zero attached hydrogens (tertiary/aromatic N) is 2. The molecule has 5 heteroatoms. The van der Waals surface area contributed by atoms with Crippen LogP contribution in [-0.2, 0) is 0 Å². The summed E-state index contributed by atoms with van der Waals surface area (Å²) in [5.41, 5.74) is 4.37. The molecular weight excluding hydrogens is 290 g/mol. The maximum Gasteiger partial charge on any atom is 0.188 e. The third-order valence-corrected chi connectivity index (χ3v) is 4.22. The summed E-state index contributed by atoms with van der Waals surface area (Å²) in [7, 11) is 0. The number of nitrogens with one attached hydrogen (secondary N) is 1. The lowest BCUT2D eigenvalue weighted by atomic mass is 10.2. The minimum Gasteiger partial charge on any atom is -0.384 e. The van der Waals surface area contributed by atoms with Crippen LogP contribution in [-0.4, -0.2) is 22.3 Å². The first-order chi connectivity index (χ1) is 9.56. The fraction of sp³-hybridized carbons (Fsp3) is 0.333. The van der Waals surface area contributed by atoms with Gasteiger partial charge in [0, 0.05) is 34.4 Å².